The van der Waals surface area contributed by atoms with Gasteiger partial charge in [-0.15, -0.1) is 0 Å². The van der Waals surface area contributed by atoms with Gasteiger partial charge in [0, 0.05) is 6.21 Å². The zero-order chi connectivity index (χ0) is 17.8. The predicted octanol–water partition coefficient (Wildman–Crippen LogP) is 5.07. The van der Waals surface area contributed by atoms with Gasteiger partial charge in [0.05, 0.1) is 11.7 Å². The smallest absolute Gasteiger partial charge is 0.285 e. The minimum absolute atomic E-state index is 0.196. The highest BCUT2D eigenvalue weighted by atomic mass is 15.1. The van der Waals surface area contributed by atoms with Gasteiger partial charge < -0.3 is 4.81 Å². The van der Waals surface area contributed by atoms with Crippen LogP contribution >= 0.6 is 0 Å². The van der Waals surface area contributed by atoms with Gasteiger partial charge in [-0.25, -0.2) is 0 Å². The molecular weight excluding hydrogens is 291 g/mol. The Hall–Kier alpha value is -2.03. The third kappa shape index (κ3) is 6.23. The first-order valence-corrected chi connectivity index (χ1v) is 9.00. The molecule has 0 amide bonds. The summed E-state index contributed by atoms with van der Waals surface area (Å²) < 4.78 is 0. The maximum Gasteiger partial charge on any atom is 0.285 e. The molecule has 0 fully saturated rings. The fourth-order valence-electron chi connectivity index (χ4n) is 2.56. The van der Waals surface area contributed by atoms with E-state index in [1.165, 1.54) is 5.46 Å². The van der Waals surface area contributed by atoms with E-state index < -0.39 is 0 Å². The lowest BCUT2D eigenvalue weighted by molar-refractivity contribution is 0.493. The number of rotatable bonds is 9. The van der Waals surface area contributed by atoms with Crippen molar-refractivity contribution in [2.24, 2.45) is 4.99 Å². The van der Waals surface area contributed by atoms with E-state index in [0.29, 0.717) is 0 Å². The van der Waals surface area contributed by atoms with Crippen LogP contribution in [0.4, 0.5) is 0 Å². The van der Waals surface area contributed by atoms with E-state index in [2.05, 4.69) is 87.2 Å². The van der Waals surface area contributed by atoms with Gasteiger partial charge in [-0.1, -0.05) is 74.7 Å². The lowest BCUT2D eigenvalue weighted by Gasteiger charge is -2.33. The van der Waals surface area contributed by atoms with Crippen LogP contribution in [-0.2, 0) is 0 Å². The summed E-state index contributed by atoms with van der Waals surface area (Å²) in [5, 5.41) is 0. The molecule has 0 aliphatic rings. The molecule has 0 saturated carbocycles. The van der Waals surface area contributed by atoms with Crippen molar-refractivity contribution in [3.05, 3.63) is 66.5 Å². The van der Waals surface area contributed by atoms with Crippen molar-refractivity contribution in [3.63, 3.8) is 0 Å². The maximum atomic E-state index is 4.69. The fourth-order valence-corrected chi connectivity index (χ4v) is 2.56. The van der Waals surface area contributed by atoms with Crippen LogP contribution in [0.1, 0.15) is 40.5 Å². The van der Waals surface area contributed by atoms with Crippen molar-refractivity contribution >= 4 is 18.5 Å². The second-order valence-electron chi connectivity index (χ2n) is 5.84. The Kier molecular flexibility index (Phi) is 9.59. The summed E-state index contributed by atoms with van der Waals surface area (Å²) in [5.74, 6) is 0. The summed E-state index contributed by atoms with van der Waals surface area (Å²) in [6.45, 7) is 11.1. The topological polar surface area (TPSA) is 15.6 Å². The summed E-state index contributed by atoms with van der Waals surface area (Å²) >= 11 is 0. The Bertz CT molecular complexity index is 573. The molecule has 1 atom stereocenters. The minimum Gasteiger partial charge on any atom is -0.409 e. The molecule has 0 aliphatic heterocycles. The van der Waals surface area contributed by atoms with Gasteiger partial charge in [-0.3, -0.25) is 4.99 Å². The van der Waals surface area contributed by atoms with E-state index in [1.54, 1.807) is 0 Å². The van der Waals surface area contributed by atoms with Crippen LogP contribution in [0.25, 0.3) is 0 Å². The van der Waals surface area contributed by atoms with Crippen LogP contribution in [0.3, 0.4) is 0 Å². The van der Waals surface area contributed by atoms with E-state index in [0.717, 1.165) is 18.5 Å². The zero-order valence-corrected chi connectivity index (χ0v) is 15.8. The number of benzene rings is 1. The molecule has 2 nitrogen and oxygen atoms in total. The molecule has 0 saturated heterocycles. The molecule has 0 heterocycles. The summed E-state index contributed by atoms with van der Waals surface area (Å²) in [4.78, 5) is 7.08. The zero-order valence-electron chi connectivity index (χ0n) is 15.8. The largest absolute Gasteiger partial charge is 0.409 e. The molecule has 1 aromatic rings. The van der Waals surface area contributed by atoms with Gasteiger partial charge in [-0.2, -0.15) is 0 Å². The van der Waals surface area contributed by atoms with Crippen LogP contribution in [0.5, 0.6) is 0 Å². The van der Waals surface area contributed by atoms with E-state index >= 15 is 0 Å². The number of aliphatic imine (C=N–C) groups is 1. The molecule has 0 aliphatic carbocycles. The first-order valence-electron chi connectivity index (χ1n) is 9.00. The predicted molar refractivity (Wildman–Crippen MR) is 110 cm³/mol. The first-order chi connectivity index (χ1) is 11.7. The average Bonchev–Trinajstić information content (AvgIpc) is 2.62. The lowest BCUT2D eigenvalue weighted by atomic mass is 9.56. The highest BCUT2D eigenvalue weighted by molar-refractivity contribution is 6.69. The van der Waals surface area contributed by atoms with Crippen molar-refractivity contribution in [2.75, 3.05) is 0 Å². The van der Waals surface area contributed by atoms with Gasteiger partial charge in [0.25, 0.3) is 6.85 Å². The van der Waals surface area contributed by atoms with Crippen molar-refractivity contribution in [1.29, 1.82) is 0 Å². The minimum atomic E-state index is 0.196. The molecule has 1 unspecified atom stereocenters. The standard InChI is InChI=1S/C21H31BN2/c1-6-9-16-21(23-17-8-3)19(4)24(18-10-7-2)22(5)20-14-12-11-13-15-20/h6,9-19H,7-8H2,1-5H3/b9-6-,18-10-,21-16-,23-17?. The number of nitrogens with zero attached hydrogens (tertiary/aromatic N) is 2. The molecule has 0 radical (unpaired) electrons. The second-order valence-corrected chi connectivity index (χ2v) is 5.84. The van der Waals surface area contributed by atoms with E-state index in [9.17, 15) is 0 Å². The van der Waals surface area contributed by atoms with Crippen molar-refractivity contribution < 1.29 is 0 Å². The fraction of sp³-hybridized carbons (Fsp3) is 0.381. The summed E-state index contributed by atoms with van der Waals surface area (Å²) in [7, 11) is 0. The highest BCUT2D eigenvalue weighted by Crippen LogP contribution is 2.15. The van der Waals surface area contributed by atoms with Crippen LogP contribution in [0, 0.1) is 0 Å². The van der Waals surface area contributed by atoms with Crippen molar-refractivity contribution in [2.45, 2.75) is 53.4 Å². The van der Waals surface area contributed by atoms with Gasteiger partial charge in [0.2, 0.25) is 0 Å². The van der Waals surface area contributed by atoms with Crippen LogP contribution in [-0.4, -0.2) is 23.9 Å². The quantitative estimate of drug-likeness (QED) is 0.352. The van der Waals surface area contributed by atoms with E-state index in [4.69, 9.17) is 4.99 Å². The Morgan fingerprint density at radius 1 is 1.21 bits per heavy atom. The van der Waals surface area contributed by atoms with Crippen LogP contribution < -0.4 is 5.46 Å². The highest BCUT2D eigenvalue weighted by Gasteiger charge is 2.24. The van der Waals surface area contributed by atoms with E-state index in [-0.39, 0.29) is 12.9 Å². The van der Waals surface area contributed by atoms with Gasteiger partial charge in [0.15, 0.2) is 0 Å². The Morgan fingerprint density at radius 2 is 1.92 bits per heavy atom. The molecule has 1 aromatic carbocycles. The van der Waals surface area contributed by atoms with Crippen molar-refractivity contribution in [1.82, 2.24) is 4.81 Å². The SMILES string of the molecule is C/C=C\C=C(/N=CCC)C(C)N(/C=C\CC)B(C)c1ccccc1. The molecule has 0 bridgehead atoms. The molecule has 24 heavy (non-hydrogen) atoms. The third-order valence-corrected chi connectivity index (χ3v) is 4.00. The average molecular weight is 322 g/mol. The molecule has 1 rings (SSSR count). The number of allylic oxidation sites excluding steroid dienone is 4. The molecule has 0 aromatic heterocycles. The molecule has 3 heteroatoms. The normalized spacial score (nSPS) is 14.0. The van der Waals surface area contributed by atoms with Crippen LogP contribution in [0.15, 0.2) is 71.5 Å². The maximum absolute atomic E-state index is 4.69. The molecule has 0 N–H and O–H groups in total. The Balaban J connectivity index is 3.16. The molecule has 128 valence electrons. The van der Waals surface area contributed by atoms with Gasteiger partial charge >= 0.3 is 0 Å². The Labute approximate surface area is 148 Å². The monoisotopic (exact) mass is 322 g/mol. The Morgan fingerprint density at radius 3 is 2.50 bits per heavy atom. The second kappa shape index (κ2) is 11.5. The molecule has 0 spiro atoms. The summed E-state index contributed by atoms with van der Waals surface area (Å²) in [5.41, 5.74) is 2.40. The summed E-state index contributed by atoms with van der Waals surface area (Å²) in [6, 6.07) is 10.8. The van der Waals surface area contributed by atoms with Crippen molar-refractivity contribution in [3.8, 4) is 0 Å². The number of hydrogen-bond donors (Lipinski definition) is 0. The van der Waals surface area contributed by atoms with Gasteiger partial charge in [0.1, 0.15) is 0 Å². The number of hydrogen-bond acceptors (Lipinski definition) is 2. The molecular formula is C21H31BN2. The first kappa shape index (κ1) is 20.0. The lowest BCUT2D eigenvalue weighted by Crippen LogP contribution is -2.47. The van der Waals surface area contributed by atoms with Crippen LogP contribution in [0.2, 0.25) is 6.82 Å². The van der Waals surface area contributed by atoms with Gasteiger partial charge in [-0.05, 0) is 39.0 Å². The summed E-state index contributed by atoms with van der Waals surface area (Å²) in [6.07, 6.45) is 14.6. The van der Waals surface area contributed by atoms with E-state index in [1.807, 2.05) is 19.2 Å². The third-order valence-electron chi connectivity index (χ3n) is 4.00.